The van der Waals surface area contributed by atoms with Crippen molar-refractivity contribution in [3.8, 4) is 0 Å². The van der Waals surface area contributed by atoms with E-state index in [-0.39, 0.29) is 5.88 Å². The molecule has 0 bridgehead atoms. The Balaban J connectivity index is 2.79. The fourth-order valence-corrected chi connectivity index (χ4v) is 1.05. The number of nitrogens with zero attached hydrogens (tertiary/aromatic N) is 1. The Morgan fingerprint density at radius 1 is 1.69 bits per heavy atom. The van der Waals surface area contributed by atoms with Gasteiger partial charge in [0.15, 0.2) is 0 Å². The molecule has 5 heteroatoms. The highest BCUT2D eigenvalue weighted by Gasteiger charge is 2.12. The average molecular weight is 184 g/mol. The van der Waals surface area contributed by atoms with E-state index in [0.29, 0.717) is 0 Å². The number of carboxylic acid groups (broad SMARTS) is 1. The first-order valence-corrected chi connectivity index (χ1v) is 4.10. The molecule has 1 aromatic heterocycles. The van der Waals surface area contributed by atoms with Crippen LogP contribution < -0.4 is 5.32 Å². The van der Waals surface area contributed by atoms with Gasteiger partial charge in [0.25, 0.3) is 0 Å². The van der Waals surface area contributed by atoms with Crippen LogP contribution in [0.2, 0.25) is 0 Å². The summed E-state index contributed by atoms with van der Waals surface area (Å²) in [5, 5.41) is 14.3. The van der Waals surface area contributed by atoms with Crippen LogP contribution in [0.4, 0.5) is 10.7 Å². The van der Waals surface area contributed by atoms with Crippen molar-refractivity contribution in [2.75, 3.05) is 5.32 Å². The number of nitrogens with one attached hydrogen (secondary N) is 1. The minimum Gasteiger partial charge on any atom is -0.465 e. The summed E-state index contributed by atoms with van der Waals surface area (Å²) in [6.45, 7) is 3.81. The second-order valence-corrected chi connectivity index (χ2v) is 2.76. The zero-order valence-electron chi connectivity index (χ0n) is 7.63. The molecule has 0 saturated carbocycles. The van der Waals surface area contributed by atoms with Crippen molar-refractivity contribution in [3.63, 3.8) is 0 Å². The topological polar surface area (TPSA) is 75.4 Å². The third kappa shape index (κ3) is 2.21. The standard InChI is InChI=1S/C8H12N2O3/c1-3-4-6-5(2)7(13-10-6)9-8(11)12/h9H,3-4H2,1-2H3,(H,11,12). The van der Waals surface area contributed by atoms with Crippen molar-refractivity contribution in [2.45, 2.75) is 26.7 Å². The van der Waals surface area contributed by atoms with Crippen LogP contribution in [0.15, 0.2) is 4.52 Å². The lowest BCUT2D eigenvalue weighted by Gasteiger charge is -1.95. The molecule has 0 atom stereocenters. The number of amides is 1. The Bertz CT molecular complexity index is 306. The van der Waals surface area contributed by atoms with Gasteiger partial charge in [-0.25, -0.2) is 4.79 Å². The highest BCUT2D eigenvalue weighted by Crippen LogP contribution is 2.19. The van der Waals surface area contributed by atoms with E-state index >= 15 is 0 Å². The second-order valence-electron chi connectivity index (χ2n) is 2.76. The van der Waals surface area contributed by atoms with Gasteiger partial charge in [0.1, 0.15) is 0 Å². The van der Waals surface area contributed by atoms with Crippen LogP contribution in [0.1, 0.15) is 24.6 Å². The van der Waals surface area contributed by atoms with Crippen molar-refractivity contribution in [1.29, 1.82) is 0 Å². The van der Waals surface area contributed by atoms with Crippen LogP contribution >= 0.6 is 0 Å². The van der Waals surface area contributed by atoms with E-state index in [0.717, 1.165) is 24.1 Å². The lowest BCUT2D eigenvalue weighted by molar-refractivity contribution is 0.208. The van der Waals surface area contributed by atoms with Gasteiger partial charge in [0, 0.05) is 5.56 Å². The lowest BCUT2D eigenvalue weighted by Crippen LogP contribution is -2.07. The molecule has 2 N–H and O–H groups in total. The number of hydrogen-bond acceptors (Lipinski definition) is 3. The van der Waals surface area contributed by atoms with Crippen LogP contribution in [0, 0.1) is 6.92 Å². The minimum absolute atomic E-state index is 0.218. The van der Waals surface area contributed by atoms with Gasteiger partial charge in [-0.1, -0.05) is 18.5 Å². The fraction of sp³-hybridized carbons (Fsp3) is 0.500. The van der Waals surface area contributed by atoms with Crippen molar-refractivity contribution in [2.24, 2.45) is 0 Å². The summed E-state index contributed by atoms with van der Waals surface area (Å²) in [6, 6.07) is 0. The molecule has 0 radical (unpaired) electrons. The van der Waals surface area contributed by atoms with Crippen LogP contribution in [0.25, 0.3) is 0 Å². The largest absolute Gasteiger partial charge is 0.465 e. The van der Waals surface area contributed by atoms with Crippen molar-refractivity contribution in [3.05, 3.63) is 11.3 Å². The molecule has 0 aliphatic carbocycles. The molecule has 0 aromatic carbocycles. The van der Waals surface area contributed by atoms with E-state index < -0.39 is 6.09 Å². The Kier molecular flexibility index (Phi) is 2.89. The summed E-state index contributed by atoms with van der Waals surface area (Å²) in [5.74, 6) is 0.218. The number of rotatable bonds is 3. The molecule has 0 fully saturated rings. The average Bonchev–Trinajstić information content (AvgIpc) is 2.36. The normalized spacial score (nSPS) is 10.0. The zero-order chi connectivity index (χ0) is 9.84. The molecular weight excluding hydrogens is 172 g/mol. The quantitative estimate of drug-likeness (QED) is 0.753. The van der Waals surface area contributed by atoms with E-state index in [4.69, 9.17) is 9.63 Å². The van der Waals surface area contributed by atoms with Crippen LogP contribution in [0.3, 0.4) is 0 Å². The van der Waals surface area contributed by atoms with Gasteiger partial charge in [0.05, 0.1) is 5.69 Å². The molecule has 1 rings (SSSR count). The van der Waals surface area contributed by atoms with Gasteiger partial charge in [-0.3, -0.25) is 5.32 Å². The number of aryl methyl sites for hydroxylation is 1. The molecule has 0 aliphatic rings. The smallest absolute Gasteiger partial charge is 0.411 e. The molecule has 0 saturated heterocycles. The monoisotopic (exact) mass is 184 g/mol. The molecule has 0 unspecified atom stereocenters. The maximum atomic E-state index is 10.3. The van der Waals surface area contributed by atoms with Crippen LogP contribution in [-0.4, -0.2) is 16.4 Å². The fourth-order valence-electron chi connectivity index (χ4n) is 1.05. The van der Waals surface area contributed by atoms with E-state index in [1.807, 2.05) is 6.92 Å². The summed E-state index contributed by atoms with van der Waals surface area (Å²) in [7, 11) is 0. The highest BCUT2D eigenvalue weighted by molar-refractivity contribution is 5.81. The van der Waals surface area contributed by atoms with Gasteiger partial charge in [-0.05, 0) is 13.3 Å². The molecule has 1 amide bonds. The van der Waals surface area contributed by atoms with Crippen LogP contribution in [-0.2, 0) is 6.42 Å². The van der Waals surface area contributed by atoms with E-state index in [1.165, 1.54) is 0 Å². The first-order chi connectivity index (χ1) is 6.15. The molecule has 5 nitrogen and oxygen atoms in total. The molecular formula is C8H12N2O3. The van der Waals surface area contributed by atoms with Crippen molar-refractivity contribution < 1.29 is 14.4 Å². The summed E-state index contributed by atoms with van der Waals surface area (Å²) >= 11 is 0. The number of hydrogen-bond donors (Lipinski definition) is 2. The van der Waals surface area contributed by atoms with Gasteiger partial charge < -0.3 is 9.63 Å². The van der Waals surface area contributed by atoms with Crippen molar-refractivity contribution >= 4 is 12.0 Å². The van der Waals surface area contributed by atoms with Crippen molar-refractivity contribution in [1.82, 2.24) is 5.16 Å². The molecule has 0 spiro atoms. The maximum absolute atomic E-state index is 10.3. The number of carbonyl (C=O) groups is 1. The molecule has 13 heavy (non-hydrogen) atoms. The third-order valence-electron chi connectivity index (χ3n) is 1.73. The zero-order valence-corrected chi connectivity index (χ0v) is 7.63. The first kappa shape index (κ1) is 9.57. The summed E-state index contributed by atoms with van der Waals surface area (Å²) < 4.78 is 4.82. The summed E-state index contributed by atoms with van der Waals surface area (Å²) in [6.07, 6.45) is 0.624. The predicted octanol–water partition coefficient (Wildman–Crippen LogP) is 2.03. The summed E-state index contributed by atoms with van der Waals surface area (Å²) in [5.41, 5.74) is 1.58. The van der Waals surface area contributed by atoms with Gasteiger partial charge in [0.2, 0.25) is 5.88 Å². The maximum Gasteiger partial charge on any atom is 0.411 e. The minimum atomic E-state index is -1.14. The molecule has 0 aliphatic heterocycles. The molecule has 72 valence electrons. The summed E-state index contributed by atoms with van der Waals surface area (Å²) in [4.78, 5) is 10.3. The van der Waals surface area contributed by atoms with E-state index in [2.05, 4.69) is 10.5 Å². The third-order valence-corrected chi connectivity index (χ3v) is 1.73. The Hall–Kier alpha value is -1.52. The van der Waals surface area contributed by atoms with Gasteiger partial charge >= 0.3 is 6.09 Å². The SMILES string of the molecule is CCCc1noc(NC(=O)O)c1C. The predicted molar refractivity (Wildman–Crippen MR) is 46.9 cm³/mol. The number of aromatic nitrogens is 1. The van der Waals surface area contributed by atoms with E-state index in [9.17, 15) is 4.79 Å². The molecule has 1 heterocycles. The Labute approximate surface area is 75.7 Å². The van der Waals surface area contributed by atoms with Gasteiger partial charge in [-0.15, -0.1) is 0 Å². The Morgan fingerprint density at radius 3 is 2.92 bits per heavy atom. The second kappa shape index (κ2) is 3.93. The highest BCUT2D eigenvalue weighted by atomic mass is 16.5. The Morgan fingerprint density at radius 2 is 2.38 bits per heavy atom. The molecule has 1 aromatic rings. The van der Waals surface area contributed by atoms with Gasteiger partial charge in [-0.2, -0.15) is 0 Å². The van der Waals surface area contributed by atoms with E-state index in [1.54, 1.807) is 6.92 Å². The first-order valence-electron chi connectivity index (χ1n) is 4.10. The van der Waals surface area contributed by atoms with Crippen LogP contribution in [0.5, 0.6) is 0 Å². The lowest BCUT2D eigenvalue weighted by atomic mass is 10.2. The number of anilines is 1.